The average molecular weight is 354 g/mol. The number of carbonyl (C=O) groups is 2. The Balaban J connectivity index is 1.86. The lowest BCUT2D eigenvalue weighted by atomic mass is 10.1. The first-order valence-corrected chi connectivity index (χ1v) is 8.65. The molecule has 2 aromatic carbocycles. The first-order valence-electron chi connectivity index (χ1n) is 8.65. The van der Waals surface area contributed by atoms with E-state index in [1.165, 1.54) is 0 Å². The van der Waals surface area contributed by atoms with Crippen molar-refractivity contribution in [3.05, 3.63) is 48.0 Å². The van der Waals surface area contributed by atoms with Gasteiger partial charge in [-0.1, -0.05) is 12.1 Å². The first-order chi connectivity index (χ1) is 12.6. The van der Waals surface area contributed by atoms with Crippen molar-refractivity contribution < 1.29 is 19.1 Å². The van der Waals surface area contributed by atoms with Crippen molar-refractivity contribution >= 4 is 23.2 Å². The maximum atomic E-state index is 12.7. The van der Waals surface area contributed by atoms with Gasteiger partial charge in [0.2, 0.25) is 5.91 Å². The van der Waals surface area contributed by atoms with E-state index in [0.29, 0.717) is 48.0 Å². The van der Waals surface area contributed by atoms with Crippen LogP contribution in [0.4, 0.5) is 11.4 Å². The summed E-state index contributed by atoms with van der Waals surface area (Å²) in [5.41, 5.74) is 1.73. The van der Waals surface area contributed by atoms with Crippen LogP contribution in [-0.2, 0) is 4.79 Å². The molecule has 136 valence electrons. The third-order valence-corrected chi connectivity index (χ3v) is 4.23. The van der Waals surface area contributed by atoms with E-state index in [1.807, 2.05) is 13.0 Å². The number of nitrogens with zero attached hydrogens (tertiary/aromatic N) is 1. The Hall–Kier alpha value is -3.02. The molecule has 1 saturated heterocycles. The fraction of sp³-hybridized carbons (Fsp3) is 0.300. The maximum absolute atomic E-state index is 12.7. The van der Waals surface area contributed by atoms with Crippen LogP contribution in [0, 0.1) is 0 Å². The Morgan fingerprint density at radius 3 is 2.69 bits per heavy atom. The van der Waals surface area contributed by atoms with E-state index >= 15 is 0 Å². The molecule has 2 aromatic rings. The summed E-state index contributed by atoms with van der Waals surface area (Å²) in [5.74, 6) is 0.940. The molecule has 0 aromatic heterocycles. The van der Waals surface area contributed by atoms with Gasteiger partial charge < -0.3 is 19.7 Å². The molecule has 0 spiro atoms. The summed E-state index contributed by atoms with van der Waals surface area (Å²) >= 11 is 0. The van der Waals surface area contributed by atoms with Crippen LogP contribution >= 0.6 is 0 Å². The monoisotopic (exact) mass is 354 g/mol. The first kappa shape index (κ1) is 17.8. The minimum Gasteiger partial charge on any atom is -0.495 e. The van der Waals surface area contributed by atoms with Gasteiger partial charge in [-0.25, -0.2) is 0 Å². The molecular weight excluding hydrogens is 332 g/mol. The van der Waals surface area contributed by atoms with E-state index < -0.39 is 0 Å². The van der Waals surface area contributed by atoms with Crippen molar-refractivity contribution in [2.75, 3.05) is 30.5 Å². The molecule has 1 N–H and O–H groups in total. The van der Waals surface area contributed by atoms with Gasteiger partial charge in [0, 0.05) is 18.7 Å². The van der Waals surface area contributed by atoms with E-state index in [-0.39, 0.29) is 11.8 Å². The van der Waals surface area contributed by atoms with Crippen LogP contribution in [0.2, 0.25) is 0 Å². The normalized spacial score (nSPS) is 13.6. The molecule has 6 heteroatoms. The number of nitrogens with one attached hydrogen (secondary N) is 1. The average Bonchev–Trinajstić information content (AvgIpc) is 3.08. The second kappa shape index (κ2) is 7.91. The Morgan fingerprint density at radius 2 is 2.00 bits per heavy atom. The van der Waals surface area contributed by atoms with Crippen molar-refractivity contribution in [1.29, 1.82) is 0 Å². The lowest BCUT2D eigenvalue weighted by Gasteiger charge is -2.20. The number of rotatable bonds is 6. The highest BCUT2D eigenvalue weighted by Crippen LogP contribution is 2.34. The molecule has 1 aliphatic rings. The fourth-order valence-corrected chi connectivity index (χ4v) is 3.02. The van der Waals surface area contributed by atoms with E-state index in [1.54, 1.807) is 48.4 Å². The molecule has 3 rings (SSSR count). The summed E-state index contributed by atoms with van der Waals surface area (Å²) in [6.45, 7) is 3.01. The summed E-state index contributed by atoms with van der Waals surface area (Å²) in [5, 5.41) is 2.87. The summed E-state index contributed by atoms with van der Waals surface area (Å²) in [4.78, 5) is 26.4. The lowest BCUT2D eigenvalue weighted by molar-refractivity contribution is -0.117. The van der Waals surface area contributed by atoms with Gasteiger partial charge in [-0.2, -0.15) is 0 Å². The standard InChI is InChI=1S/C20H22N2O4/c1-3-26-17-8-5-4-7-15(17)20(24)21-14-10-11-18(25-2)16(13-14)22-12-6-9-19(22)23/h4-5,7-8,10-11,13H,3,6,9,12H2,1-2H3,(H,21,24). The summed E-state index contributed by atoms with van der Waals surface area (Å²) in [6.07, 6.45) is 1.35. The molecule has 0 atom stereocenters. The largest absolute Gasteiger partial charge is 0.495 e. The Bertz CT molecular complexity index is 819. The van der Waals surface area contributed by atoms with E-state index in [9.17, 15) is 9.59 Å². The number of para-hydroxylation sites is 1. The number of methoxy groups -OCH3 is 1. The van der Waals surface area contributed by atoms with Gasteiger partial charge in [0.05, 0.1) is 25.0 Å². The zero-order chi connectivity index (χ0) is 18.5. The minimum absolute atomic E-state index is 0.0634. The molecule has 0 saturated carbocycles. The van der Waals surface area contributed by atoms with Crippen molar-refractivity contribution in [3.63, 3.8) is 0 Å². The van der Waals surface area contributed by atoms with Crippen molar-refractivity contribution in [3.8, 4) is 11.5 Å². The maximum Gasteiger partial charge on any atom is 0.259 e. The highest BCUT2D eigenvalue weighted by Gasteiger charge is 2.25. The van der Waals surface area contributed by atoms with Gasteiger partial charge in [0.1, 0.15) is 11.5 Å². The molecule has 1 aliphatic heterocycles. The minimum atomic E-state index is -0.266. The van der Waals surface area contributed by atoms with Gasteiger partial charge in [-0.15, -0.1) is 0 Å². The molecule has 2 amide bonds. The highest BCUT2D eigenvalue weighted by atomic mass is 16.5. The van der Waals surface area contributed by atoms with Crippen molar-refractivity contribution in [1.82, 2.24) is 0 Å². The zero-order valence-corrected chi connectivity index (χ0v) is 15.0. The predicted molar refractivity (Wildman–Crippen MR) is 100 cm³/mol. The molecule has 0 unspecified atom stereocenters. The van der Waals surface area contributed by atoms with E-state index in [2.05, 4.69) is 5.32 Å². The number of carbonyl (C=O) groups excluding carboxylic acids is 2. The zero-order valence-electron chi connectivity index (χ0n) is 15.0. The topological polar surface area (TPSA) is 67.9 Å². The molecule has 0 bridgehead atoms. The highest BCUT2D eigenvalue weighted by molar-refractivity contribution is 6.07. The predicted octanol–water partition coefficient (Wildman–Crippen LogP) is 3.47. The Kier molecular flexibility index (Phi) is 5.41. The van der Waals surface area contributed by atoms with Crippen molar-refractivity contribution in [2.45, 2.75) is 19.8 Å². The van der Waals surface area contributed by atoms with Crippen LogP contribution in [0.15, 0.2) is 42.5 Å². The Labute approximate surface area is 152 Å². The van der Waals surface area contributed by atoms with Crippen LogP contribution in [0.25, 0.3) is 0 Å². The molecule has 26 heavy (non-hydrogen) atoms. The van der Waals surface area contributed by atoms with Crippen molar-refractivity contribution in [2.24, 2.45) is 0 Å². The van der Waals surface area contributed by atoms with Crippen LogP contribution in [0.3, 0.4) is 0 Å². The van der Waals surface area contributed by atoms with E-state index in [4.69, 9.17) is 9.47 Å². The summed E-state index contributed by atoms with van der Waals surface area (Å²) < 4.78 is 10.9. The number of ether oxygens (including phenoxy) is 2. The molecule has 1 fully saturated rings. The molecule has 6 nitrogen and oxygen atoms in total. The number of anilines is 2. The van der Waals surface area contributed by atoms with Gasteiger partial charge >= 0.3 is 0 Å². The van der Waals surface area contributed by atoms with Crippen LogP contribution in [0.1, 0.15) is 30.1 Å². The molecule has 0 radical (unpaired) electrons. The molecule has 0 aliphatic carbocycles. The summed E-state index contributed by atoms with van der Waals surface area (Å²) in [6, 6.07) is 12.4. The smallest absolute Gasteiger partial charge is 0.259 e. The van der Waals surface area contributed by atoms with Crippen LogP contribution in [-0.4, -0.2) is 32.1 Å². The number of benzene rings is 2. The van der Waals surface area contributed by atoms with Gasteiger partial charge in [-0.3, -0.25) is 9.59 Å². The quantitative estimate of drug-likeness (QED) is 0.862. The fourth-order valence-electron chi connectivity index (χ4n) is 3.02. The van der Waals surface area contributed by atoms with Gasteiger partial charge in [-0.05, 0) is 43.7 Å². The van der Waals surface area contributed by atoms with Gasteiger partial charge in [0.15, 0.2) is 0 Å². The van der Waals surface area contributed by atoms with E-state index in [0.717, 1.165) is 6.42 Å². The summed E-state index contributed by atoms with van der Waals surface area (Å²) in [7, 11) is 1.57. The lowest BCUT2D eigenvalue weighted by Crippen LogP contribution is -2.24. The third kappa shape index (κ3) is 3.64. The molecule has 1 heterocycles. The third-order valence-electron chi connectivity index (χ3n) is 4.23. The second-order valence-electron chi connectivity index (χ2n) is 5.92. The molecular formula is C20H22N2O4. The Morgan fingerprint density at radius 1 is 1.19 bits per heavy atom. The SMILES string of the molecule is CCOc1ccccc1C(=O)Nc1ccc(OC)c(N2CCCC2=O)c1. The second-order valence-corrected chi connectivity index (χ2v) is 5.92. The van der Waals surface area contributed by atoms with Gasteiger partial charge in [0.25, 0.3) is 5.91 Å². The number of hydrogen-bond donors (Lipinski definition) is 1. The van der Waals surface area contributed by atoms with Crippen LogP contribution in [0.5, 0.6) is 11.5 Å². The number of amides is 2. The number of hydrogen-bond acceptors (Lipinski definition) is 4. The van der Waals surface area contributed by atoms with Crippen LogP contribution < -0.4 is 19.7 Å².